The number of thiophene rings is 1. The van der Waals surface area contributed by atoms with E-state index in [9.17, 15) is 0 Å². The third kappa shape index (κ3) is 4.88. The first-order valence-electron chi connectivity index (χ1n) is 6.87. The molecule has 1 aromatic rings. The zero-order valence-electron chi connectivity index (χ0n) is 11.1. The van der Waals surface area contributed by atoms with Crippen LogP contribution in [0.2, 0.25) is 4.34 Å². The first-order chi connectivity index (χ1) is 8.74. The number of halogens is 1. The fourth-order valence-corrected chi connectivity index (χ4v) is 3.74. The smallest absolute Gasteiger partial charge is 0.0931 e. The summed E-state index contributed by atoms with van der Waals surface area (Å²) in [6.45, 7) is 4.40. The first kappa shape index (κ1) is 14.3. The maximum Gasteiger partial charge on any atom is 0.0931 e. The number of hydrogen-bond acceptors (Lipinski definition) is 3. The topological polar surface area (TPSA) is 15.3 Å². The van der Waals surface area contributed by atoms with Crippen LogP contribution in [0.1, 0.15) is 30.6 Å². The van der Waals surface area contributed by atoms with Gasteiger partial charge in [-0.1, -0.05) is 24.4 Å². The van der Waals surface area contributed by atoms with Crippen molar-refractivity contribution in [1.82, 2.24) is 10.2 Å². The second-order valence-corrected chi connectivity index (χ2v) is 7.10. The Morgan fingerprint density at radius 2 is 2.17 bits per heavy atom. The van der Waals surface area contributed by atoms with Crippen LogP contribution in [0.5, 0.6) is 0 Å². The van der Waals surface area contributed by atoms with Gasteiger partial charge in [-0.25, -0.2) is 0 Å². The van der Waals surface area contributed by atoms with E-state index in [0.29, 0.717) is 0 Å². The molecule has 0 amide bonds. The Morgan fingerprint density at radius 3 is 2.83 bits per heavy atom. The van der Waals surface area contributed by atoms with E-state index in [4.69, 9.17) is 11.6 Å². The fourth-order valence-electron chi connectivity index (χ4n) is 2.57. The van der Waals surface area contributed by atoms with Gasteiger partial charge < -0.3 is 10.2 Å². The Hall–Kier alpha value is -0.0900. The van der Waals surface area contributed by atoms with E-state index in [1.165, 1.54) is 37.1 Å². The van der Waals surface area contributed by atoms with Crippen molar-refractivity contribution < 1.29 is 0 Å². The molecule has 1 aromatic heterocycles. The average molecular weight is 287 g/mol. The van der Waals surface area contributed by atoms with Crippen molar-refractivity contribution in [3.63, 3.8) is 0 Å². The molecule has 0 spiro atoms. The van der Waals surface area contributed by atoms with Gasteiger partial charge in [-0.2, -0.15) is 0 Å². The third-order valence-electron chi connectivity index (χ3n) is 3.63. The normalized spacial score (nSPS) is 16.8. The molecule has 2 nitrogen and oxygen atoms in total. The van der Waals surface area contributed by atoms with Crippen molar-refractivity contribution in [3.05, 3.63) is 21.3 Å². The summed E-state index contributed by atoms with van der Waals surface area (Å²) >= 11 is 7.61. The van der Waals surface area contributed by atoms with Crippen LogP contribution in [0.4, 0.5) is 0 Å². The Morgan fingerprint density at radius 1 is 1.39 bits per heavy atom. The predicted molar refractivity (Wildman–Crippen MR) is 80.5 cm³/mol. The van der Waals surface area contributed by atoms with E-state index in [-0.39, 0.29) is 0 Å². The van der Waals surface area contributed by atoms with E-state index < -0.39 is 0 Å². The molecule has 0 atom stereocenters. The highest BCUT2D eigenvalue weighted by Crippen LogP contribution is 2.24. The molecule has 0 saturated heterocycles. The molecule has 0 unspecified atom stereocenters. The lowest BCUT2D eigenvalue weighted by molar-refractivity contribution is 0.322. The van der Waals surface area contributed by atoms with Crippen LogP contribution >= 0.6 is 22.9 Å². The summed E-state index contributed by atoms with van der Waals surface area (Å²) in [5.74, 6) is 0.936. The largest absolute Gasteiger partial charge is 0.315 e. The standard InChI is InChI=1S/C14H23ClN2S/c1-17(11-13-6-7-14(15)18-13)9-8-16-10-12-4-2-3-5-12/h6-7,12,16H,2-5,8-11H2,1H3. The number of rotatable bonds is 7. The van der Waals surface area contributed by atoms with Crippen LogP contribution in [-0.4, -0.2) is 31.6 Å². The van der Waals surface area contributed by atoms with Crippen molar-refractivity contribution in [1.29, 1.82) is 0 Å². The van der Waals surface area contributed by atoms with E-state index in [2.05, 4.69) is 23.3 Å². The maximum absolute atomic E-state index is 5.93. The highest BCUT2D eigenvalue weighted by molar-refractivity contribution is 7.16. The maximum atomic E-state index is 5.93. The molecule has 0 aromatic carbocycles. The van der Waals surface area contributed by atoms with Gasteiger partial charge in [-0.05, 0) is 44.5 Å². The molecule has 1 aliphatic rings. The van der Waals surface area contributed by atoms with Crippen LogP contribution in [0.15, 0.2) is 12.1 Å². The van der Waals surface area contributed by atoms with Crippen LogP contribution in [0, 0.1) is 5.92 Å². The quantitative estimate of drug-likeness (QED) is 0.770. The van der Waals surface area contributed by atoms with Gasteiger partial charge in [-0.3, -0.25) is 0 Å². The minimum absolute atomic E-state index is 0.887. The van der Waals surface area contributed by atoms with Crippen molar-refractivity contribution in [3.8, 4) is 0 Å². The second kappa shape index (κ2) is 7.49. The van der Waals surface area contributed by atoms with Gasteiger partial charge in [-0.15, -0.1) is 11.3 Å². The van der Waals surface area contributed by atoms with Crippen molar-refractivity contribution in [2.24, 2.45) is 5.92 Å². The zero-order chi connectivity index (χ0) is 12.8. The Labute approximate surface area is 119 Å². The van der Waals surface area contributed by atoms with Gasteiger partial charge >= 0.3 is 0 Å². The minimum atomic E-state index is 0.887. The summed E-state index contributed by atoms with van der Waals surface area (Å²) in [4.78, 5) is 3.70. The molecule has 0 bridgehead atoms. The van der Waals surface area contributed by atoms with E-state index in [1.54, 1.807) is 11.3 Å². The van der Waals surface area contributed by atoms with Gasteiger partial charge in [0, 0.05) is 24.5 Å². The SMILES string of the molecule is CN(CCNCC1CCCC1)Cc1ccc(Cl)s1. The van der Waals surface area contributed by atoms with Crippen molar-refractivity contribution in [2.75, 3.05) is 26.7 Å². The summed E-state index contributed by atoms with van der Waals surface area (Å²) in [6.07, 6.45) is 5.73. The third-order valence-corrected chi connectivity index (χ3v) is 4.85. The molecule has 0 aliphatic heterocycles. The molecule has 18 heavy (non-hydrogen) atoms. The summed E-state index contributed by atoms with van der Waals surface area (Å²) in [5.41, 5.74) is 0. The van der Waals surface area contributed by atoms with Gasteiger partial charge in [0.05, 0.1) is 4.34 Å². The van der Waals surface area contributed by atoms with E-state index >= 15 is 0 Å². The van der Waals surface area contributed by atoms with Crippen molar-refractivity contribution >= 4 is 22.9 Å². The van der Waals surface area contributed by atoms with Gasteiger partial charge in [0.15, 0.2) is 0 Å². The fraction of sp³-hybridized carbons (Fsp3) is 0.714. The van der Waals surface area contributed by atoms with Crippen molar-refractivity contribution in [2.45, 2.75) is 32.2 Å². The lowest BCUT2D eigenvalue weighted by atomic mass is 10.1. The summed E-state index contributed by atoms with van der Waals surface area (Å²) in [5, 5.41) is 3.58. The number of hydrogen-bond donors (Lipinski definition) is 1. The lowest BCUT2D eigenvalue weighted by Crippen LogP contribution is -2.31. The number of likely N-dealkylation sites (N-methyl/N-ethyl adjacent to an activating group) is 1. The summed E-state index contributed by atoms with van der Waals surface area (Å²) < 4.78 is 0.887. The Kier molecular flexibility index (Phi) is 5.96. The van der Waals surface area contributed by atoms with Gasteiger partial charge in [0.2, 0.25) is 0 Å². The molecule has 1 N–H and O–H groups in total. The monoisotopic (exact) mass is 286 g/mol. The molecular weight excluding hydrogens is 264 g/mol. The van der Waals surface area contributed by atoms with E-state index in [0.717, 1.165) is 29.9 Å². The number of nitrogens with one attached hydrogen (secondary N) is 1. The van der Waals surface area contributed by atoms with E-state index in [1.807, 2.05) is 6.07 Å². The highest BCUT2D eigenvalue weighted by Gasteiger charge is 2.13. The highest BCUT2D eigenvalue weighted by atomic mass is 35.5. The molecule has 2 rings (SSSR count). The van der Waals surface area contributed by atoms with Crippen LogP contribution in [-0.2, 0) is 6.54 Å². The average Bonchev–Trinajstić information content (AvgIpc) is 2.96. The molecule has 4 heteroatoms. The van der Waals surface area contributed by atoms with Crippen LogP contribution in [0.3, 0.4) is 0 Å². The molecule has 1 aliphatic carbocycles. The number of nitrogens with zero attached hydrogens (tertiary/aromatic N) is 1. The molecule has 1 fully saturated rings. The molecule has 1 saturated carbocycles. The first-order valence-corrected chi connectivity index (χ1v) is 8.07. The molecule has 0 radical (unpaired) electrons. The predicted octanol–water partition coefficient (Wildman–Crippen LogP) is 3.61. The molecule has 102 valence electrons. The Balaban J connectivity index is 1.55. The van der Waals surface area contributed by atoms with Crippen LogP contribution in [0.25, 0.3) is 0 Å². The summed E-state index contributed by atoms with van der Waals surface area (Å²) in [6, 6.07) is 4.10. The minimum Gasteiger partial charge on any atom is -0.315 e. The van der Waals surface area contributed by atoms with Gasteiger partial charge in [0.1, 0.15) is 0 Å². The lowest BCUT2D eigenvalue weighted by Gasteiger charge is -2.17. The van der Waals surface area contributed by atoms with Gasteiger partial charge in [0.25, 0.3) is 0 Å². The molecule has 1 heterocycles. The summed E-state index contributed by atoms with van der Waals surface area (Å²) in [7, 11) is 2.17. The zero-order valence-corrected chi connectivity index (χ0v) is 12.7. The second-order valence-electron chi connectivity index (χ2n) is 5.30. The van der Waals surface area contributed by atoms with Crippen LogP contribution < -0.4 is 5.32 Å². The Bertz CT molecular complexity index is 347. The molecular formula is C14H23ClN2S.